The van der Waals surface area contributed by atoms with Crippen molar-refractivity contribution in [2.24, 2.45) is 5.73 Å². The molecule has 1 aromatic carbocycles. The van der Waals surface area contributed by atoms with Crippen LogP contribution < -0.4 is 5.73 Å². The summed E-state index contributed by atoms with van der Waals surface area (Å²) in [5.74, 6) is -1.11. The fourth-order valence-electron chi connectivity index (χ4n) is 1.06. The Balaban J connectivity index is 3.39. The van der Waals surface area contributed by atoms with Crippen LogP contribution in [0.25, 0.3) is 0 Å². The third-order valence-corrected chi connectivity index (χ3v) is 2.00. The Morgan fingerprint density at radius 3 is 2.29 bits per heavy atom. The van der Waals surface area contributed by atoms with Crippen molar-refractivity contribution in [3.05, 3.63) is 34.1 Å². The predicted molar refractivity (Wildman–Crippen MR) is 44.3 cm³/mol. The first kappa shape index (κ1) is 11.3. The fraction of sp³-hybridized carbons (Fsp3) is 0.250. The van der Waals surface area contributed by atoms with Crippen LogP contribution in [0.5, 0.6) is 0 Å². The zero-order valence-corrected chi connectivity index (χ0v) is 7.58. The number of hydrogen-bond acceptors (Lipinski definition) is 1. The Hall–Kier alpha value is -0.810. The molecule has 0 saturated carbocycles. The monoisotopic (exact) mass is 227 g/mol. The van der Waals surface area contributed by atoms with E-state index in [2.05, 4.69) is 0 Å². The van der Waals surface area contributed by atoms with E-state index in [0.717, 1.165) is 6.07 Å². The van der Waals surface area contributed by atoms with Crippen molar-refractivity contribution in [2.45, 2.75) is 12.7 Å². The van der Waals surface area contributed by atoms with E-state index in [1.807, 2.05) is 0 Å². The van der Waals surface area contributed by atoms with Crippen molar-refractivity contribution in [1.29, 1.82) is 0 Å². The van der Waals surface area contributed by atoms with E-state index in [1.165, 1.54) is 0 Å². The van der Waals surface area contributed by atoms with Gasteiger partial charge < -0.3 is 5.73 Å². The highest BCUT2D eigenvalue weighted by molar-refractivity contribution is 6.30. The van der Waals surface area contributed by atoms with E-state index < -0.39 is 29.7 Å². The van der Waals surface area contributed by atoms with E-state index in [9.17, 15) is 17.6 Å². The molecule has 0 unspecified atom stereocenters. The highest BCUT2D eigenvalue weighted by Gasteiger charge is 2.34. The average molecular weight is 228 g/mol. The van der Waals surface area contributed by atoms with Gasteiger partial charge in [-0.25, -0.2) is 4.39 Å². The molecule has 0 aliphatic rings. The normalized spacial score (nSPS) is 11.9. The molecule has 0 saturated heterocycles. The van der Waals surface area contributed by atoms with Crippen molar-refractivity contribution >= 4 is 11.6 Å². The Labute approximate surface area is 82.5 Å². The summed E-state index contributed by atoms with van der Waals surface area (Å²) in [6.45, 7) is -0.540. The molecule has 14 heavy (non-hydrogen) atoms. The van der Waals surface area contributed by atoms with Gasteiger partial charge in [0.05, 0.1) is 10.6 Å². The molecule has 0 heterocycles. The minimum absolute atomic E-state index is 0.363. The fourth-order valence-corrected chi connectivity index (χ4v) is 1.23. The SMILES string of the molecule is NCc1c(C(F)(F)F)ccc(Cl)c1F. The minimum Gasteiger partial charge on any atom is -0.326 e. The Bertz CT molecular complexity index is 348. The maximum absolute atomic E-state index is 13.1. The maximum Gasteiger partial charge on any atom is 0.416 e. The number of rotatable bonds is 1. The smallest absolute Gasteiger partial charge is 0.326 e. The molecular weight excluding hydrogens is 222 g/mol. The molecule has 0 aliphatic heterocycles. The second-order valence-electron chi connectivity index (χ2n) is 2.59. The number of halogens is 5. The Morgan fingerprint density at radius 1 is 1.29 bits per heavy atom. The van der Waals surface area contributed by atoms with E-state index in [1.54, 1.807) is 0 Å². The highest BCUT2D eigenvalue weighted by Crippen LogP contribution is 2.34. The van der Waals surface area contributed by atoms with Gasteiger partial charge >= 0.3 is 6.18 Å². The molecule has 0 spiro atoms. The summed E-state index contributed by atoms with van der Waals surface area (Å²) in [5, 5.41) is -0.363. The minimum atomic E-state index is -4.61. The second-order valence-corrected chi connectivity index (χ2v) is 3.00. The van der Waals surface area contributed by atoms with Gasteiger partial charge in [0.25, 0.3) is 0 Å². The molecule has 2 N–H and O–H groups in total. The number of hydrogen-bond donors (Lipinski definition) is 1. The number of alkyl halides is 3. The third kappa shape index (κ3) is 1.99. The first-order valence-corrected chi connectivity index (χ1v) is 4.00. The molecule has 0 radical (unpaired) electrons. The molecular formula is C8H6ClF4N. The largest absolute Gasteiger partial charge is 0.416 e. The number of nitrogens with two attached hydrogens (primary N) is 1. The van der Waals surface area contributed by atoms with Crippen molar-refractivity contribution in [3.63, 3.8) is 0 Å². The van der Waals surface area contributed by atoms with Gasteiger partial charge in [-0.1, -0.05) is 11.6 Å². The van der Waals surface area contributed by atoms with Gasteiger partial charge in [0.15, 0.2) is 0 Å². The van der Waals surface area contributed by atoms with Gasteiger partial charge in [0.2, 0.25) is 0 Å². The van der Waals surface area contributed by atoms with Crippen LogP contribution in [0.1, 0.15) is 11.1 Å². The molecule has 1 rings (SSSR count). The Morgan fingerprint density at radius 2 is 1.86 bits per heavy atom. The summed E-state index contributed by atoms with van der Waals surface area (Å²) in [7, 11) is 0. The van der Waals surface area contributed by atoms with Gasteiger partial charge in [-0.05, 0) is 12.1 Å². The standard InChI is InChI=1S/C8H6ClF4N/c9-6-2-1-5(8(11,12)13)4(3-14)7(6)10/h1-2H,3,14H2. The van der Waals surface area contributed by atoms with Gasteiger partial charge in [-0.3, -0.25) is 0 Å². The van der Waals surface area contributed by atoms with Crippen LogP contribution in [0.4, 0.5) is 17.6 Å². The average Bonchev–Trinajstić information content (AvgIpc) is 2.07. The molecule has 0 bridgehead atoms. The lowest BCUT2D eigenvalue weighted by atomic mass is 10.1. The van der Waals surface area contributed by atoms with Gasteiger partial charge in [-0.2, -0.15) is 13.2 Å². The van der Waals surface area contributed by atoms with E-state index in [-0.39, 0.29) is 5.02 Å². The summed E-state index contributed by atoms with van der Waals surface area (Å²) in [4.78, 5) is 0. The van der Waals surface area contributed by atoms with Crippen LogP contribution >= 0.6 is 11.6 Å². The lowest BCUT2D eigenvalue weighted by Crippen LogP contribution is -2.13. The summed E-state index contributed by atoms with van der Waals surface area (Å²) in [6.07, 6.45) is -4.61. The molecule has 0 atom stereocenters. The molecule has 0 aliphatic carbocycles. The topological polar surface area (TPSA) is 26.0 Å². The molecule has 78 valence electrons. The van der Waals surface area contributed by atoms with Crippen LogP contribution in [-0.2, 0) is 12.7 Å². The molecule has 1 aromatic rings. The highest BCUT2D eigenvalue weighted by atomic mass is 35.5. The number of benzene rings is 1. The van der Waals surface area contributed by atoms with Crippen LogP contribution in [0.15, 0.2) is 12.1 Å². The Kier molecular flexibility index (Phi) is 3.01. The van der Waals surface area contributed by atoms with Crippen molar-refractivity contribution < 1.29 is 17.6 Å². The van der Waals surface area contributed by atoms with Gasteiger partial charge in [0.1, 0.15) is 5.82 Å². The zero-order chi connectivity index (χ0) is 10.9. The summed E-state index contributed by atoms with van der Waals surface area (Å²) in [6, 6.07) is 1.58. The van der Waals surface area contributed by atoms with E-state index >= 15 is 0 Å². The first-order chi connectivity index (χ1) is 6.38. The molecule has 0 amide bonds. The van der Waals surface area contributed by atoms with Gasteiger partial charge in [-0.15, -0.1) is 0 Å². The molecule has 0 fully saturated rings. The third-order valence-electron chi connectivity index (χ3n) is 1.71. The molecule has 6 heteroatoms. The maximum atomic E-state index is 13.1. The van der Waals surface area contributed by atoms with Crippen LogP contribution in [0.2, 0.25) is 5.02 Å². The first-order valence-electron chi connectivity index (χ1n) is 3.62. The predicted octanol–water partition coefficient (Wildman–Crippen LogP) is 2.96. The summed E-state index contributed by atoms with van der Waals surface area (Å²) >= 11 is 5.32. The summed E-state index contributed by atoms with van der Waals surface area (Å²) in [5.41, 5.74) is 3.33. The van der Waals surface area contributed by atoms with Gasteiger partial charge in [0, 0.05) is 12.1 Å². The van der Waals surface area contributed by atoms with E-state index in [0.29, 0.717) is 6.07 Å². The summed E-state index contributed by atoms with van der Waals surface area (Å²) < 4.78 is 49.9. The van der Waals surface area contributed by atoms with Crippen LogP contribution in [0, 0.1) is 5.82 Å². The van der Waals surface area contributed by atoms with Crippen molar-refractivity contribution in [3.8, 4) is 0 Å². The second kappa shape index (κ2) is 3.74. The van der Waals surface area contributed by atoms with Crippen LogP contribution in [-0.4, -0.2) is 0 Å². The molecule has 1 nitrogen and oxygen atoms in total. The van der Waals surface area contributed by atoms with Crippen molar-refractivity contribution in [2.75, 3.05) is 0 Å². The zero-order valence-electron chi connectivity index (χ0n) is 6.83. The quantitative estimate of drug-likeness (QED) is 0.734. The van der Waals surface area contributed by atoms with Crippen LogP contribution in [0.3, 0.4) is 0 Å². The van der Waals surface area contributed by atoms with Crippen molar-refractivity contribution in [1.82, 2.24) is 0 Å². The lowest BCUT2D eigenvalue weighted by molar-refractivity contribution is -0.138. The molecule has 0 aromatic heterocycles. The van der Waals surface area contributed by atoms with E-state index in [4.69, 9.17) is 17.3 Å². The lowest BCUT2D eigenvalue weighted by Gasteiger charge is -2.12.